The molecule has 6 nitrogen and oxygen atoms in total. The van der Waals surface area contributed by atoms with Gasteiger partial charge in [0.2, 0.25) is 0 Å². The number of Topliss-reactive ketones (excluding diaryl/α,β-unsaturated/α-hetero) is 1. The summed E-state index contributed by atoms with van der Waals surface area (Å²) in [6.45, 7) is 1.48. The molecule has 3 rings (SSSR count). The number of carbonyl (C=O) groups excluding carboxylic acids is 3. The number of thiazole rings is 1. The number of methoxy groups -OCH3 is 1. The standard InChI is InChI=1S/C21H18N2O4S/c1-13(24)15-6-8-16(9-7-15)19(25)23-21-22-12-18(28-21)11-14-4-3-5-17(10-14)20(26)27-2/h3-10,12H,11H2,1-2H3,(H,22,23,25). The molecule has 0 unspecified atom stereocenters. The van der Waals surface area contributed by atoms with E-state index in [1.165, 1.54) is 25.4 Å². The lowest BCUT2D eigenvalue weighted by Crippen LogP contribution is -2.11. The molecule has 1 heterocycles. The molecule has 0 saturated carbocycles. The molecule has 1 N–H and O–H groups in total. The van der Waals surface area contributed by atoms with Gasteiger partial charge in [0.1, 0.15) is 0 Å². The highest BCUT2D eigenvalue weighted by atomic mass is 32.1. The number of nitrogens with one attached hydrogen (secondary N) is 1. The van der Waals surface area contributed by atoms with E-state index in [4.69, 9.17) is 4.74 Å². The van der Waals surface area contributed by atoms with Crippen molar-refractivity contribution in [2.75, 3.05) is 12.4 Å². The van der Waals surface area contributed by atoms with Crippen LogP contribution >= 0.6 is 11.3 Å². The molecule has 0 aliphatic rings. The average molecular weight is 394 g/mol. The zero-order chi connectivity index (χ0) is 20.1. The van der Waals surface area contributed by atoms with E-state index in [2.05, 4.69) is 10.3 Å². The first-order chi connectivity index (χ1) is 13.5. The first-order valence-electron chi connectivity index (χ1n) is 8.50. The number of hydrogen-bond acceptors (Lipinski definition) is 6. The van der Waals surface area contributed by atoms with Crippen LogP contribution in [0.5, 0.6) is 0 Å². The van der Waals surface area contributed by atoms with Crippen LogP contribution in [-0.4, -0.2) is 29.8 Å². The maximum absolute atomic E-state index is 12.3. The fraction of sp³-hybridized carbons (Fsp3) is 0.143. The molecule has 3 aromatic rings. The second kappa shape index (κ2) is 8.58. The van der Waals surface area contributed by atoms with Crippen LogP contribution in [0.15, 0.2) is 54.7 Å². The number of amides is 1. The topological polar surface area (TPSA) is 85.4 Å². The van der Waals surface area contributed by atoms with Gasteiger partial charge in [-0.05, 0) is 36.8 Å². The Morgan fingerprint density at radius 3 is 2.43 bits per heavy atom. The Morgan fingerprint density at radius 1 is 1.04 bits per heavy atom. The van der Waals surface area contributed by atoms with E-state index < -0.39 is 0 Å². The number of aromatic nitrogens is 1. The Balaban J connectivity index is 1.66. The predicted octanol–water partition coefficient (Wildman–Crippen LogP) is 3.98. The van der Waals surface area contributed by atoms with Gasteiger partial charge >= 0.3 is 5.97 Å². The molecule has 7 heteroatoms. The van der Waals surface area contributed by atoms with Gasteiger partial charge in [0.25, 0.3) is 5.91 Å². The van der Waals surface area contributed by atoms with Crippen LogP contribution in [0.1, 0.15) is 48.4 Å². The Labute approximate surface area is 166 Å². The normalized spacial score (nSPS) is 10.4. The van der Waals surface area contributed by atoms with E-state index in [9.17, 15) is 14.4 Å². The molecule has 1 aromatic heterocycles. The first-order valence-corrected chi connectivity index (χ1v) is 9.32. The largest absolute Gasteiger partial charge is 0.465 e. The molecule has 2 aromatic carbocycles. The molecule has 0 bridgehead atoms. The van der Waals surface area contributed by atoms with Crippen LogP contribution in [0.25, 0.3) is 0 Å². The summed E-state index contributed by atoms with van der Waals surface area (Å²) in [5.41, 5.74) is 2.45. The Bertz CT molecular complexity index is 1020. The van der Waals surface area contributed by atoms with Crippen LogP contribution in [0.2, 0.25) is 0 Å². The van der Waals surface area contributed by atoms with E-state index in [1.54, 1.807) is 48.7 Å². The van der Waals surface area contributed by atoms with Gasteiger partial charge < -0.3 is 4.74 Å². The van der Waals surface area contributed by atoms with Crippen LogP contribution in [-0.2, 0) is 11.2 Å². The predicted molar refractivity (Wildman–Crippen MR) is 107 cm³/mol. The molecular formula is C21H18N2O4S. The average Bonchev–Trinajstić information content (AvgIpc) is 3.14. The summed E-state index contributed by atoms with van der Waals surface area (Å²) < 4.78 is 4.74. The second-order valence-corrected chi connectivity index (χ2v) is 7.20. The summed E-state index contributed by atoms with van der Waals surface area (Å²) >= 11 is 1.37. The minimum absolute atomic E-state index is 0.0483. The number of nitrogens with zero attached hydrogens (tertiary/aromatic N) is 1. The Morgan fingerprint density at radius 2 is 1.75 bits per heavy atom. The highest BCUT2D eigenvalue weighted by Gasteiger charge is 2.11. The number of hydrogen-bond donors (Lipinski definition) is 1. The van der Waals surface area contributed by atoms with E-state index in [1.807, 2.05) is 6.07 Å². The molecule has 0 aliphatic heterocycles. The fourth-order valence-corrected chi connectivity index (χ4v) is 3.44. The number of esters is 1. The SMILES string of the molecule is COC(=O)c1cccc(Cc2cnc(NC(=O)c3ccc(C(C)=O)cc3)s2)c1. The van der Waals surface area contributed by atoms with Crippen molar-refractivity contribution in [3.8, 4) is 0 Å². The number of anilines is 1. The third kappa shape index (κ3) is 4.69. The summed E-state index contributed by atoms with van der Waals surface area (Å²) in [4.78, 5) is 40.5. The third-order valence-electron chi connectivity index (χ3n) is 4.05. The summed E-state index contributed by atoms with van der Waals surface area (Å²) in [6.07, 6.45) is 2.29. The Kier molecular flexibility index (Phi) is 5.96. The van der Waals surface area contributed by atoms with Crippen molar-refractivity contribution >= 4 is 34.1 Å². The highest BCUT2D eigenvalue weighted by Crippen LogP contribution is 2.22. The third-order valence-corrected chi connectivity index (χ3v) is 4.97. The van der Waals surface area contributed by atoms with Gasteiger partial charge in [-0.2, -0.15) is 0 Å². The molecule has 28 heavy (non-hydrogen) atoms. The van der Waals surface area contributed by atoms with Gasteiger partial charge in [0, 0.05) is 28.6 Å². The van der Waals surface area contributed by atoms with Gasteiger partial charge in [0.15, 0.2) is 10.9 Å². The maximum atomic E-state index is 12.3. The van der Waals surface area contributed by atoms with E-state index in [-0.39, 0.29) is 17.7 Å². The maximum Gasteiger partial charge on any atom is 0.337 e. The lowest BCUT2D eigenvalue weighted by molar-refractivity contribution is 0.0600. The number of benzene rings is 2. The van der Waals surface area contributed by atoms with Crippen molar-refractivity contribution in [3.05, 3.63) is 81.9 Å². The molecule has 0 spiro atoms. The number of rotatable bonds is 6. The molecule has 142 valence electrons. The van der Waals surface area contributed by atoms with Crippen molar-refractivity contribution < 1.29 is 19.1 Å². The lowest BCUT2D eigenvalue weighted by Gasteiger charge is -2.03. The van der Waals surface area contributed by atoms with Crippen LogP contribution < -0.4 is 5.32 Å². The van der Waals surface area contributed by atoms with Crippen LogP contribution in [0.3, 0.4) is 0 Å². The minimum atomic E-state index is -0.380. The van der Waals surface area contributed by atoms with E-state index >= 15 is 0 Å². The zero-order valence-electron chi connectivity index (χ0n) is 15.4. The van der Waals surface area contributed by atoms with Gasteiger partial charge in [-0.3, -0.25) is 14.9 Å². The van der Waals surface area contributed by atoms with Crippen molar-refractivity contribution in [3.63, 3.8) is 0 Å². The zero-order valence-corrected chi connectivity index (χ0v) is 16.2. The smallest absolute Gasteiger partial charge is 0.337 e. The lowest BCUT2D eigenvalue weighted by atomic mass is 10.1. The molecule has 0 fully saturated rings. The molecule has 0 atom stereocenters. The molecule has 0 radical (unpaired) electrons. The monoisotopic (exact) mass is 394 g/mol. The van der Waals surface area contributed by atoms with E-state index in [0.717, 1.165) is 10.4 Å². The van der Waals surface area contributed by atoms with E-state index in [0.29, 0.717) is 28.2 Å². The summed E-state index contributed by atoms with van der Waals surface area (Å²) in [6, 6.07) is 13.7. The first kappa shape index (κ1) is 19.4. The highest BCUT2D eigenvalue weighted by molar-refractivity contribution is 7.15. The fourth-order valence-electron chi connectivity index (χ4n) is 2.60. The summed E-state index contributed by atoms with van der Waals surface area (Å²) in [5.74, 6) is -0.716. The van der Waals surface area contributed by atoms with Gasteiger partial charge in [0.05, 0.1) is 12.7 Å². The number of carbonyl (C=O) groups is 3. The molecular weight excluding hydrogens is 376 g/mol. The van der Waals surface area contributed by atoms with Crippen molar-refractivity contribution in [2.24, 2.45) is 0 Å². The van der Waals surface area contributed by atoms with Crippen LogP contribution in [0.4, 0.5) is 5.13 Å². The number of ketones is 1. The molecule has 0 saturated heterocycles. The summed E-state index contributed by atoms with van der Waals surface area (Å²) in [5, 5.41) is 3.25. The molecule has 0 aliphatic carbocycles. The van der Waals surface area contributed by atoms with Gasteiger partial charge in [-0.15, -0.1) is 11.3 Å². The number of ether oxygens (including phenoxy) is 1. The molecule has 1 amide bonds. The minimum Gasteiger partial charge on any atom is -0.465 e. The Hall–Kier alpha value is -3.32. The van der Waals surface area contributed by atoms with Gasteiger partial charge in [-0.25, -0.2) is 9.78 Å². The van der Waals surface area contributed by atoms with Crippen molar-refractivity contribution in [2.45, 2.75) is 13.3 Å². The summed E-state index contributed by atoms with van der Waals surface area (Å²) in [7, 11) is 1.35. The quantitative estimate of drug-likeness (QED) is 0.505. The van der Waals surface area contributed by atoms with Crippen LogP contribution in [0, 0.1) is 0 Å². The second-order valence-electron chi connectivity index (χ2n) is 6.09. The van der Waals surface area contributed by atoms with Gasteiger partial charge in [-0.1, -0.05) is 24.3 Å². The van der Waals surface area contributed by atoms with Crippen molar-refractivity contribution in [1.82, 2.24) is 4.98 Å². The van der Waals surface area contributed by atoms with Crippen molar-refractivity contribution in [1.29, 1.82) is 0 Å².